The molecule has 0 saturated carbocycles. The number of rotatable bonds is 4. The number of nitro groups is 1. The number of fused-ring (bicyclic) bond motifs is 1. The van der Waals surface area contributed by atoms with Gasteiger partial charge < -0.3 is 20.0 Å². The van der Waals surface area contributed by atoms with Crippen LogP contribution in [0.15, 0.2) is 12.1 Å². The molecule has 1 N–H and O–H groups in total. The van der Waals surface area contributed by atoms with Crippen molar-refractivity contribution in [1.82, 2.24) is 4.98 Å². The van der Waals surface area contributed by atoms with E-state index in [1.54, 1.807) is 6.92 Å². The maximum Gasteiger partial charge on any atom is 0.366 e. The number of aromatic nitrogens is 1. The van der Waals surface area contributed by atoms with Crippen LogP contribution in [0.25, 0.3) is 0 Å². The first-order chi connectivity index (χ1) is 9.45. The van der Waals surface area contributed by atoms with E-state index in [1.165, 1.54) is 6.07 Å². The number of hydrogen-bond acceptors (Lipinski definition) is 6. The Kier molecular flexibility index (Phi) is 3.51. The third kappa shape index (κ3) is 2.25. The summed E-state index contributed by atoms with van der Waals surface area (Å²) in [5.41, 5.74) is 0. The summed E-state index contributed by atoms with van der Waals surface area (Å²) >= 11 is 0. The van der Waals surface area contributed by atoms with Gasteiger partial charge in [0, 0.05) is 6.07 Å². The molecule has 106 valence electrons. The van der Waals surface area contributed by atoms with Crippen LogP contribution >= 0.6 is 0 Å². The standard InChI is InChI=1S/C11H11N3O6/c1-2-6(11(16)17)13-9(15)5-20-7-3-4-8(14(18)19)12-10(7)13/h3-4,6H,2,5H2,1H3,(H,16,17). The van der Waals surface area contributed by atoms with Crippen molar-refractivity contribution in [2.45, 2.75) is 19.4 Å². The fourth-order valence-corrected chi connectivity index (χ4v) is 1.93. The van der Waals surface area contributed by atoms with E-state index in [4.69, 9.17) is 9.84 Å². The van der Waals surface area contributed by atoms with Gasteiger partial charge in [-0.1, -0.05) is 6.92 Å². The van der Waals surface area contributed by atoms with E-state index in [-0.39, 0.29) is 24.6 Å². The van der Waals surface area contributed by atoms with Gasteiger partial charge in [-0.05, 0) is 22.4 Å². The number of carbonyl (C=O) groups is 2. The van der Waals surface area contributed by atoms with Crippen molar-refractivity contribution >= 4 is 23.5 Å². The average Bonchev–Trinajstić information content (AvgIpc) is 2.41. The van der Waals surface area contributed by atoms with Gasteiger partial charge in [-0.2, -0.15) is 0 Å². The molecule has 1 aromatic rings. The number of carboxylic acids is 1. The molecule has 0 aliphatic carbocycles. The number of pyridine rings is 1. The van der Waals surface area contributed by atoms with Crippen LogP contribution in [0.1, 0.15) is 13.3 Å². The second kappa shape index (κ2) is 5.11. The van der Waals surface area contributed by atoms with Gasteiger partial charge in [0.1, 0.15) is 6.04 Å². The van der Waals surface area contributed by atoms with E-state index in [1.807, 2.05) is 0 Å². The number of nitrogens with zero attached hydrogens (tertiary/aromatic N) is 3. The maximum absolute atomic E-state index is 11.9. The van der Waals surface area contributed by atoms with Crippen molar-refractivity contribution in [3.63, 3.8) is 0 Å². The Bertz CT molecular complexity index is 588. The summed E-state index contributed by atoms with van der Waals surface area (Å²) in [6, 6.07) is 1.29. The Hall–Kier alpha value is -2.71. The minimum absolute atomic E-state index is 0.135. The Morgan fingerprint density at radius 1 is 1.65 bits per heavy atom. The topological polar surface area (TPSA) is 123 Å². The van der Waals surface area contributed by atoms with Gasteiger partial charge in [0.2, 0.25) is 0 Å². The fraction of sp³-hybridized carbons (Fsp3) is 0.364. The molecule has 0 bridgehead atoms. The van der Waals surface area contributed by atoms with Crippen LogP contribution in [0.2, 0.25) is 0 Å². The summed E-state index contributed by atoms with van der Waals surface area (Å²) in [4.78, 5) is 37.7. The normalized spacial score (nSPS) is 15.2. The van der Waals surface area contributed by atoms with E-state index in [2.05, 4.69) is 4.98 Å². The molecule has 20 heavy (non-hydrogen) atoms. The number of aliphatic carboxylic acids is 1. The molecule has 0 spiro atoms. The highest BCUT2D eigenvalue weighted by molar-refractivity contribution is 6.01. The van der Waals surface area contributed by atoms with Gasteiger partial charge >= 0.3 is 11.8 Å². The van der Waals surface area contributed by atoms with Crippen LogP contribution in [0, 0.1) is 10.1 Å². The number of carboxylic acid groups (broad SMARTS) is 1. The molecule has 1 amide bonds. The number of amides is 1. The van der Waals surface area contributed by atoms with Crippen molar-refractivity contribution in [2.75, 3.05) is 11.5 Å². The predicted octanol–water partition coefficient (Wildman–Crippen LogP) is 0.578. The molecule has 1 aromatic heterocycles. The highest BCUT2D eigenvalue weighted by atomic mass is 16.6. The largest absolute Gasteiger partial charge is 0.480 e. The molecule has 1 aliphatic heterocycles. The fourth-order valence-electron chi connectivity index (χ4n) is 1.93. The van der Waals surface area contributed by atoms with Gasteiger partial charge in [-0.3, -0.25) is 9.69 Å². The smallest absolute Gasteiger partial charge is 0.366 e. The van der Waals surface area contributed by atoms with Gasteiger partial charge in [0.15, 0.2) is 12.4 Å². The molecule has 1 unspecified atom stereocenters. The van der Waals surface area contributed by atoms with E-state index in [0.29, 0.717) is 0 Å². The highest BCUT2D eigenvalue weighted by Crippen LogP contribution is 2.33. The summed E-state index contributed by atoms with van der Waals surface area (Å²) < 4.78 is 5.11. The minimum Gasteiger partial charge on any atom is -0.480 e. The Balaban J connectivity index is 2.54. The summed E-state index contributed by atoms with van der Waals surface area (Å²) in [7, 11) is 0. The average molecular weight is 281 g/mol. The van der Waals surface area contributed by atoms with Crippen LogP contribution < -0.4 is 9.64 Å². The third-order valence-electron chi connectivity index (χ3n) is 2.84. The van der Waals surface area contributed by atoms with E-state index in [0.717, 1.165) is 11.0 Å². The van der Waals surface area contributed by atoms with Crippen molar-refractivity contribution < 1.29 is 24.4 Å². The molecule has 9 nitrogen and oxygen atoms in total. The van der Waals surface area contributed by atoms with Crippen LogP contribution in [0.4, 0.5) is 11.6 Å². The Morgan fingerprint density at radius 2 is 2.35 bits per heavy atom. The number of ether oxygens (including phenoxy) is 1. The molecule has 0 saturated heterocycles. The zero-order valence-corrected chi connectivity index (χ0v) is 10.5. The lowest BCUT2D eigenvalue weighted by Crippen LogP contribution is -2.49. The van der Waals surface area contributed by atoms with Crippen molar-refractivity contribution in [3.8, 4) is 5.75 Å². The van der Waals surface area contributed by atoms with Crippen molar-refractivity contribution in [2.24, 2.45) is 0 Å². The number of anilines is 1. The molecule has 9 heteroatoms. The van der Waals surface area contributed by atoms with Gasteiger partial charge in [-0.25, -0.2) is 4.79 Å². The van der Waals surface area contributed by atoms with Gasteiger partial charge in [0.25, 0.3) is 11.7 Å². The minimum atomic E-state index is -1.21. The van der Waals surface area contributed by atoms with E-state index >= 15 is 0 Å². The quantitative estimate of drug-likeness (QED) is 0.632. The molecular formula is C11H11N3O6. The molecule has 1 aliphatic rings. The Labute approximate surface area is 112 Å². The molecule has 1 atom stereocenters. The highest BCUT2D eigenvalue weighted by Gasteiger charge is 2.39. The molecule has 2 rings (SSSR count). The summed E-state index contributed by atoms with van der Waals surface area (Å²) in [6.07, 6.45) is 0.144. The Morgan fingerprint density at radius 3 is 2.90 bits per heavy atom. The molecule has 0 radical (unpaired) electrons. The lowest BCUT2D eigenvalue weighted by atomic mass is 10.1. The number of carbonyl (C=O) groups excluding carboxylic acids is 1. The maximum atomic E-state index is 11.9. The van der Waals surface area contributed by atoms with E-state index < -0.39 is 28.7 Å². The summed E-state index contributed by atoms with van der Waals surface area (Å²) in [6.45, 7) is 1.27. The summed E-state index contributed by atoms with van der Waals surface area (Å²) in [5, 5.41) is 19.9. The first-order valence-corrected chi connectivity index (χ1v) is 5.78. The third-order valence-corrected chi connectivity index (χ3v) is 2.84. The van der Waals surface area contributed by atoms with Crippen LogP contribution in [-0.2, 0) is 9.59 Å². The van der Waals surface area contributed by atoms with Crippen LogP contribution in [0.5, 0.6) is 5.75 Å². The van der Waals surface area contributed by atoms with Gasteiger partial charge in [0.05, 0.1) is 0 Å². The monoisotopic (exact) mass is 281 g/mol. The summed E-state index contributed by atoms with van der Waals surface area (Å²) in [5.74, 6) is -2.27. The van der Waals surface area contributed by atoms with Gasteiger partial charge in [-0.15, -0.1) is 0 Å². The molecule has 0 fully saturated rings. The van der Waals surface area contributed by atoms with Crippen LogP contribution in [0.3, 0.4) is 0 Å². The molecule has 2 heterocycles. The first kappa shape index (κ1) is 13.7. The predicted molar refractivity (Wildman–Crippen MR) is 65.6 cm³/mol. The zero-order valence-electron chi connectivity index (χ0n) is 10.5. The molecule has 0 aromatic carbocycles. The SMILES string of the molecule is CCC(C(=O)O)N1C(=O)COc2ccc([N+](=O)[O-])nc21. The van der Waals surface area contributed by atoms with E-state index in [9.17, 15) is 19.7 Å². The zero-order chi connectivity index (χ0) is 14.9. The van der Waals surface area contributed by atoms with Crippen LogP contribution in [-0.4, -0.2) is 39.5 Å². The lowest BCUT2D eigenvalue weighted by molar-refractivity contribution is -0.389. The van der Waals surface area contributed by atoms with Crippen molar-refractivity contribution in [1.29, 1.82) is 0 Å². The number of hydrogen-bond donors (Lipinski definition) is 1. The van der Waals surface area contributed by atoms with Crippen molar-refractivity contribution in [3.05, 3.63) is 22.2 Å². The second-order valence-electron chi connectivity index (χ2n) is 4.06. The lowest BCUT2D eigenvalue weighted by Gasteiger charge is -2.29. The second-order valence-corrected chi connectivity index (χ2v) is 4.06. The first-order valence-electron chi connectivity index (χ1n) is 5.78. The molecular weight excluding hydrogens is 270 g/mol.